The van der Waals surface area contributed by atoms with Gasteiger partial charge >= 0.3 is 0 Å². The summed E-state index contributed by atoms with van der Waals surface area (Å²) in [4.78, 5) is 0. The monoisotopic (exact) mass is 241 g/mol. The Bertz CT molecular complexity index is 173. The standard InChI is InChI=1S/C10H21F2NOS/c1-5-8(6-7-9(11)12)13-15(14)10(2,3)4/h8-9,13H,5-7H2,1-4H3/t8-,15+/m1/s1. The number of alkyl halides is 2. The predicted octanol–water partition coefficient (Wildman–Crippen LogP) is 2.86. The van der Waals surface area contributed by atoms with Crippen LogP contribution in [0.2, 0.25) is 0 Å². The molecule has 0 aliphatic heterocycles. The van der Waals surface area contributed by atoms with E-state index in [-0.39, 0.29) is 17.2 Å². The molecule has 0 heterocycles. The van der Waals surface area contributed by atoms with E-state index in [0.29, 0.717) is 12.8 Å². The molecule has 0 aliphatic rings. The van der Waals surface area contributed by atoms with E-state index < -0.39 is 17.8 Å². The van der Waals surface area contributed by atoms with Gasteiger partial charge in [-0.2, -0.15) is 0 Å². The van der Waals surface area contributed by atoms with Gasteiger partial charge in [0.05, 0.1) is 6.04 Å². The van der Waals surface area contributed by atoms with Crippen LogP contribution in [-0.2, 0) is 11.4 Å². The second-order valence-corrected chi connectivity index (χ2v) is 6.57. The van der Waals surface area contributed by atoms with Crippen LogP contribution >= 0.6 is 0 Å². The molecule has 0 aromatic carbocycles. The molecule has 0 unspecified atom stereocenters. The molecule has 0 bridgehead atoms. The summed E-state index contributed by atoms with van der Waals surface area (Å²) in [5.74, 6) is 0. The summed E-state index contributed by atoms with van der Waals surface area (Å²) in [5.41, 5.74) is 0. The molecule has 0 radical (unpaired) electrons. The molecule has 92 valence electrons. The first-order valence-electron chi connectivity index (χ1n) is 5.23. The molecule has 5 heteroatoms. The highest BCUT2D eigenvalue weighted by atomic mass is 32.2. The van der Waals surface area contributed by atoms with E-state index in [1.54, 1.807) is 0 Å². The molecule has 0 saturated carbocycles. The second kappa shape index (κ2) is 6.66. The topological polar surface area (TPSA) is 35.1 Å². The summed E-state index contributed by atoms with van der Waals surface area (Å²) >= 11 is -1.18. The zero-order valence-electron chi connectivity index (χ0n) is 9.85. The van der Waals surface area contributed by atoms with Crippen LogP contribution in [0.25, 0.3) is 0 Å². The van der Waals surface area contributed by atoms with Gasteiger partial charge in [0.2, 0.25) is 6.43 Å². The Balaban J connectivity index is 3.99. The van der Waals surface area contributed by atoms with Crippen LogP contribution < -0.4 is 4.72 Å². The molecule has 0 fully saturated rings. The smallest absolute Gasteiger partial charge is 0.238 e. The molecule has 0 rings (SSSR count). The van der Waals surface area contributed by atoms with Crippen LogP contribution in [0.1, 0.15) is 47.0 Å². The number of rotatable bonds is 6. The van der Waals surface area contributed by atoms with Crippen molar-refractivity contribution in [3.05, 3.63) is 0 Å². The minimum absolute atomic E-state index is 0.0842. The van der Waals surface area contributed by atoms with E-state index in [1.807, 2.05) is 27.7 Å². The second-order valence-electron chi connectivity index (χ2n) is 4.57. The van der Waals surface area contributed by atoms with Gasteiger partial charge in [0.25, 0.3) is 0 Å². The number of hydrogen-bond donors (Lipinski definition) is 1. The van der Waals surface area contributed by atoms with Crippen LogP contribution in [0.5, 0.6) is 0 Å². The van der Waals surface area contributed by atoms with Gasteiger partial charge in [0.15, 0.2) is 0 Å². The third kappa shape index (κ3) is 7.09. The molecular weight excluding hydrogens is 220 g/mol. The first-order valence-corrected chi connectivity index (χ1v) is 6.38. The molecule has 0 spiro atoms. The molecule has 0 aliphatic carbocycles. The average Bonchev–Trinajstić information content (AvgIpc) is 2.09. The zero-order valence-corrected chi connectivity index (χ0v) is 10.7. The third-order valence-corrected chi connectivity index (χ3v) is 3.72. The Morgan fingerprint density at radius 2 is 1.80 bits per heavy atom. The van der Waals surface area contributed by atoms with Crippen LogP contribution in [-0.4, -0.2) is 21.8 Å². The Kier molecular flexibility index (Phi) is 6.71. The lowest BCUT2D eigenvalue weighted by Crippen LogP contribution is -2.44. The quantitative estimate of drug-likeness (QED) is 0.726. The maximum absolute atomic E-state index is 12.0. The summed E-state index contributed by atoms with van der Waals surface area (Å²) in [6, 6.07) is -0.0842. The van der Waals surface area contributed by atoms with Crippen molar-refractivity contribution >= 4 is 11.4 Å². The molecule has 0 saturated heterocycles. The van der Waals surface area contributed by atoms with Crippen LogP contribution in [0.4, 0.5) is 8.78 Å². The van der Waals surface area contributed by atoms with Crippen molar-refractivity contribution < 1.29 is 13.3 Å². The van der Waals surface area contributed by atoms with Gasteiger partial charge in [-0.1, -0.05) is 6.92 Å². The number of hydrogen-bond acceptors (Lipinski definition) is 2. The molecular formula is C10H21F2NOS. The van der Waals surface area contributed by atoms with Crippen molar-refractivity contribution in [2.24, 2.45) is 0 Å². The SMILES string of the molecule is CC[C@H](CCC(F)F)N[S@@+]([O-])C(C)(C)C. The normalized spacial score (nSPS) is 16.8. The van der Waals surface area contributed by atoms with Crippen LogP contribution in [0.15, 0.2) is 0 Å². The van der Waals surface area contributed by atoms with E-state index in [1.165, 1.54) is 0 Å². The zero-order chi connectivity index (χ0) is 12.1. The average molecular weight is 241 g/mol. The van der Waals surface area contributed by atoms with Crippen molar-refractivity contribution in [3.8, 4) is 0 Å². The molecule has 15 heavy (non-hydrogen) atoms. The molecule has 2 atom stereocenters. The van der Waals surface area contributed by atoms with Gasteiger partial charge in [-0.3, -0.25) is 0 Å². The van der Waals surface area contributed by atoms with Gasteiger partial charge in [-0.15, -0.1) is 4.72 Å². The van der Waals surface area contributed by atoms with Crippen LogP contribution in [0.3, 0.4) is 0 Å². The summed E-state index contributed by atoms with van der Waals surface area (Å²) in [6.07, 6.45) is -1.32. The van der Waals surface area contributed by atoms with Crippen molar-refractivity contribution in [1.82, 2.24) is 4.72 Å². The largest absolute Gasteiger partial charge is 0.598 e. The summed E-state index contributed by atoms with van der Waals surface area (Å²) in [6.45, 7) is 7.48. The van der Waals surface area contributed by atoms with Gasteiger partial charge < -0.3 is 4.55 Å². The third-order valence-electron chi connectivity index (χ3n) is 2.06. The number of halogens is 2. The lowest BCUT2D eigenvalue weighted by molar-refractivity contribution is 0.131. The van der Waals surface area contributed by atoms with E-state index in [2.05, 4.69) is 4.72 Å². The Morgan fingerprint density at radius 3 is 2.13 bits per heavy atom. The minimum Gasteiger partial charge on any atom is -0.598 e. The predicted molar refractivity (Wildman–Crippen MR) is 60.3 cm³/mol. The van der Waals surface area contributed by atoms with Crippen molar-refractivity contribution in [2.75, 3.05) is 0 Å². The fourth-order valence-electron chi connectivity index (χ4n) is 1.00. The van der Waals surface area contributed by atoms with E-state index in [9.17, 15) is 13.3 Å². The molecule has 1 N–H and O–H groups in total. The Hall–Kier alpha value is 0.130. The van der Waals surface area contributed by atoms with Crippen LogP contribution in [0, 0.1) is 0 Å². The van der Waals surface area contributed by atoms with E-state index in [0.717, 1.165) is 0 Å². The fraction of sp³-hybridized carbons (Fsp3) is 1.00. The first-order chi connectivity index (χ1) is 6.77. The fourth-order valence-corrected chi connectivity index (χ4v) is 1.94. The Morgan fingerprint density at radius 1 is 1.27 bits per heavy atom. The van der Waals surface area contributed by atoms with E-state index in [4.69, 9.17) is 0 Å². The van der Waals surface area contributed by atoms with Gasteiger partial charge in [0.1, 0.15) is 4.75 Å². The lowest BCUT2D eigenvalue weighted by atomic mass is 10.1. The summed E-state index contributed by atoms with van der Waals surface area (Å²) < 4.78 is 38.2. The van der Waals surface area contributed by atoms with Gasteiger partial charge in [-0.25, -0.2) is 8.78 Å². The molecule has 0 aromatic rings. The van der Waals surface area contributed by atoms with Gasteiger partial charge in [-0.05, 0) is 33.6 Å². The van der Waals surface area contributed by atoms with Crippen molar-refractivity contribution in [2.45, 2.75) is 64.2 Å². The summed E-state index contributed by atoms with van der Waals surface area (Å²) in [5, 5.41) is 0. The lowest BCUT2D eigenvalue weighted by Gasteiger charge is -2.27. The molecule has 2 nitrogen and oxygen atoms in total. The molecule has 0 aromatic heterocycles. The van der Waals surface area contributed by atoms with Crippen molar-refractivity contribution in [3.63, 3.8) is 0 Å². The molecule has 0 amide bonds. The minimum atomic E-state index is -2.27. The Labute approximate surface area is 94.1 Å². The van der Waals surface area contributed by atoms with E-state index >= 15 is 0 Å². The highest BCUT2D eigenvalue weighted by Gasteiger charge is 2.28. The number of nitrogens with one attached hydrogen (secondary N) is 1. The maximum Gasteiger partial charge on any atom is 0.238 e. The summed E-state index contributed by atoms with van der Waals surface area (Å²) in [7, 11) is 0. The maximum atomic E-state index is 12.0. The highest BCUT2D eigenvalue weighted by molar-refractivity contribution is 7.90. The van der Waals surface area contributed by atoms with Crippen molar-refractivity contribution in [1.29, 1.82) is 0 Å². The first kappa shape index (κ1) is 15.1. The van der Waals surface area contributed by atoms with Gasteiger partial charge in [0, 0.05) is 17.8 Å². The highest BCUT2D eigenvalue weighted by Crippen LogP contribution is 2.16.